The zero-order chi connectivity index (χ0) is 36.8. The SMILES string of the molecule is CCn1nccc1C(=O)NC(C(=O)Nc1ccc([C@H](C)[C@@H](NC(=O)COC)C(=O)N2CCN(C)[C@H](C)C2)cc1F)C1CC(=CF)c2ccccc21. The quantitative estimate of drug-likeness (QED) is 0.262. The third kappa shape index (κ3) is 8.18. The first-order valence-corrected chi connectivity index (χ1v) is 17.1. The molecule has 2 heterocycles. The zero-order valence-electron chi connectivity index (χ0n) is 29.5. The maximum atomic E-state index is 15.9. The fourth-order valence-corrected chi connectivity index (χ4v) is 6.82. The minimum absolute atomic E-state index is 0.119. The minimum Gasteiger partial charge on any atom is -0.375 e. The van der Waals surface area contributed by atoms with Crippen LogP contribution in [0.1, 0.15) is 66.2 Å². The molecule has 2 aliphatic rings. The number of halogens is 2. The van der Waals surface area contributed by atoms with Gasteiger partial charge in [0.15, 0.2) is 0 Å². The molecule has 272 valence electrons. The number of fused-ring (bicyclic) bond motifs is 1. The lowest BCUT2D eigenvalue weighted by Gasteiger charge is -2.40. The highest BCUT2D eigenvalue weighted by atomic mass is 19.1. The third-order valence-corrected chi connectivity index (χ3v) is 9.90. The number of aryl methyl sites for hydroxylation is 1. The van der Waals surface area contributed by atoms with Crippen LogP contribution < -0.4 is 16.0 Å². The molecule has 5 rings (SSSR count). The Morgan fingerprint density at radius 1 is 1.10 bits per heavy atom. The first-order chi connectivity index (χ1) is 24.5. The van der Waals surface area contributed by atoms with Crippen LogP contribution >= 0.6 is 0 Å². The van der Waals surface area contributed by atoms with Crippen molar-refractivity contribution in [2.45, 2.75) is 63.7 Å². The van der Waals surface area contributed by atoms with Crippen molar-refractivity contribution in [2.75, 3.05) is 45.7 Å². The summed E-state index contributed by atoms with van der Waals surface area (Å²) < 4.78 is 36.3. The predicted octanol–water partition coefficient (Wildman–Crippen LogP) is 3.67. The number of nitrogens with zero attached hydrogens (tertiary/aromatic N) is 4. The van der Waals surface area contributed by atoms with Crippen LogP contribution in [0.4, 0.5) is 14.5 Å². The molecule has 2 aromatic carbocycles. The van der Waals surface area contributed by atoms with Crippen LogP contribution in [0, 0.1) is 5.82 Å². The molecule has 1 fully saturated rings. The molecule has 3 aromatic rings. The average molecular weight is 706 g/mol. The van der Waals surface area contributed by atoms with Crippen molar-refractivity contribution in [1.29, 1.82) is 0 Å². The van der Waals surface area contributed by atoms with E-state index in [1.54, 1.807) is 42.2 Å². The molecular formula is C37H45F2N7O5. The molecule has 1 aromatic heterocycles. The number of methoxy groups -OCH3 is 1. The van der Waals surface area contributed by atoms with Crippen molar-refractivity contribution >= 4 is 34.9 Å². The molecular weight excluding hydrogens is 660 g/mol. The van der Waals surface area contributed by atoms with Gasteiger partial charge in [-0.15, -0.1) is 0 Å². The number of nitrogens with one attached hydrogen (secondary N) is 3. The second-order valence-corrected chi connectivity index (χ2v) is 13.1. The molecule has 14 heteroatoms. The topological polar surface area (TPSA) is 138 Å². The molecule has 0 spiro atoms. The van der Waals surface area contributed by atoms with Crippen molar-refractivity contribution in [3.05, 3.63) is 89.3 Å². The highest BCUT2D eigenvalue weighted by molar-refractivity contribution is 6.02. The van der Waals surface area contributed by atoms with Crippen LogP contribution in [0.25, 0.3) is 5.57 Å². The summed E-state index contributed by atoms with van der Waals surface area (Å²) >= 11 is 0. The van der Waals surface area contributed by atoms with Crippen molar-refractivity contribution in [1.82, 2.24) is 30.2 Å². The Labute approximate surface area is 296 Å². The summed E-state index contributed by atoms with van der Waals surface area (Å²) in [6.45, 7) is 7.36. The second kappa shape index (κ2) is 16.4. The number of allylic oxidation sites excluding steroid dienone is 1. The van der Waals surface area contributed by atoms with Crippen LogP contribution in [0.15, 0.2) is 61.1 Å². The van der Waals surface area contributed by atoms with Gasteiger partial charge in [-0.2, -0.15) is 5.10 Å². The summed E-state index contributed by atoms with van der Waals surface area (Å²) in [7, 11) is 3.36. The van der Waals surface area contributed by atoms with Gasteiger partial charge in [-0.1, -0.05) is 37.3 Å². The molecule has 1 saturated heterocycles. The molecule has 12 nitrogen and oxygen atoms in total. The first-order valence-electron chi connectivity index (χ1n) is 17.1. The summed E-state index contributed by atoms with van der Waals surface area (Å²) in [6, 6.07) is 10.7. The van der Waals surface area contributed by atoms with E-state index < -0.39 is 47.5 Å². The summed E-state index contributed by atoms with van der Waals surface area (Å²) in [6.07, 6.45) is 2.12. The van der Waals surface area contributed by atoms with Gasteiger partial charge in [0.1, 0.15) is 30.2 Å². The standard InChI is InChI=1S/C37H45F2N7O5/c1-6-46-31(13-14-40-46)35(48)43-34(28-17-25(19-38)26-9-7-8-10-27(26)28)36(49)41-30-12-11-24(18-29(30)39)23(3)33(42-32(47)21-51-5)37(50)45-16-15-44(4)22(2)20-45/h7-14,18-19,22-23,28,33-34H,6,15-17,20-21H2,1-5H3,(H,41,49)(H,42,47)(H,43,48)/t22-,23+,28?,33-,34?/m1/s1. The number of aromatic nitrogens is 2. The molecule has 1 aliphatic carbocycles. The van der Waals surface area contributed by atoms with E-state index in [1.807, 2.05) is 20.9 Å². The van der Waals surface area contributed by atoms with Crippen LogP contribution in [0.3, 0.4) is 0 Å². The third-order valence-electron chi connectivity index (χ3n) is 9.90. The Morgan fingerprint density at radius 3 is 2.55 bits per heavy atom. The van der Waals surface area contributed by atoms with Gasteiger partial charge in [0, 0.05) is 57.4 Å². The van der Waals surface area contributed by atoms with Crippen LogP contribution in [-0.4, -0.2) is 102 Å². The largest absolute Gasteiger partial charge is 0.375 e. The number of carbonyl (C=O) groups excluding carboxylic acids is 4. The van der Waals surface area contributed by atoms with Gasteiger partial charge in [-0.3, -0.25) is 23.9 Å². The predicted molar refractivity (Wildman–Crippen MR) is 188 cm³/mol. The van der Waals surface area contributed by atoms with E-state index in [0.717, 1.165) is 0 Å². The van der Waals surface area contributed by atoms with Gasteiger partial charge in [0.25, 0.3) is 5.91 Å². The minimum atomic E-state index is -1.21. The van der Waals surface area contributed by atoms with Crippen molar-refractivity contribution < 1.29 is 32.7 Å². The second-order valence-electron chi connectivity index (χ2n) is 13.1. The normalized spacial score (nSPS) is 20.0. The molecule has 4 amide bonds. The molecule has 0 saturated carbocycles. The number of ether oxygens (including phenoxy) is 1. The number of carbonyl (C=O) groups is 4. The maximum absolute atomic E-state index is 15.9. The Bertz CT molecular complexity index is 1800. The van der Waals surface area contributed by atoms with E-state index >= 15 is 4.39 Å². The van der Waals surface area contributed by atoms with Gasteiger partial charge in [-0.05, 0) is 67.8 Å². The van der Waals surface area contributed by atoms with E-state index in [0.29, 0.717) is 54.8 Å². The van der Waals surface area contributed by atoms with E-state index in [2.05, 4.69) is 25.9 Å². The summed E-state index contributed by atoms with van der Waals surface area (Å²) in [5, 5.41) is 12.3. The summed E-state index contributed by atoms with van der Waals surface area (Å²) in [4.78, 5) is 57.7. The summed E-state index contributed by atoms with van der Waals surface area (Å²) in [5.74, 6) is -4.10. The number of hydrogen-bond donors (Lipinski definition) is 3. The molecule has 1 aliphatic heterocycles. The van der Waals surface area contributed by atoms with Gasteiger partial charge < -0.3 is 30.5 Å². The van der Waals surface area contributed by atoms with Crippen LogP contribution in [0.5, 0.6) is 0 Å². The Morgan fingerprint density at radius 2 is 1.86 bits per heavy atom. The van der Waals surface area contributed by atoms with Gasteiger partial charge in [0.2, 0.25) is 17.7 Å². The number of anilines is 1. The summed E-state index contributed by atoms with van der Waals surface area (Å²) in [5.41, 5.74) is 2.20. The average Bonchev–Trinajstić information content (AvgIpc) is 3.76. The van der Waals surface area contributed by atoms with E-state index in [9.17, 15) is 23.6 Å². The van der Waals surface area contributed by atoms with Crippen molar-refractivity contribution in [3.63, 3.8) is 0 Å². The lowest BCUT2D eigenvalue weighted by Crippen LogP contribution is -2.58. The van der Waals surface area contributed by atoms with Crippen LogP contribution in [-0.2, 0) is 25.7 Å². The monoisotopic (exact) mass is 705 g/mol. The maximum Gasteiger partial charge on any atom is 0.270 e. The van der Waals surface area contributed by atoms with E-state index in [1.165, 1.54) is 36.2 Å². The molecule has 0 bridgehead atoms. The van der Waals surface area contributed by atoms with E-state index in [4.69, 9.17) is 4.74 Å². The molecule has 5 atom stereocenters. The number of likely N-dealkylation sites (N-methyl/N-ethyl adjacent to an activating group) is 1. The number of amides is 4. The Hall–Kier alpha value is -4.95. The number of hydrogen-bond acceptors (Lipinski definition) is 7. The highest BCUT2D eigenvalue weighted by Gasteiger charge is 2.39. The fourth-order valence-electron chi connectivity index (χ4n) is 6.82. The number of benzene rings is 2. The van der Waals surface area contributed by atoms with Gasteiger partial charge >= 0.3 is 0 Å². The smallest absolute Gasteiger partial charge is 0.270 e. The first kappa shape index (κ1) is 37.3. The van der Waals surface area contributed by atoms with E-state index in [-0.39, 0.29) is 36.4 Å². The number of piperazine rings is 1. The Balaban J connectivity index is 1.40. The van der Waals surface area contributed by atoms with Crippen molar-refractivity contribution in [2.24, 2.45) is 0 Å². The van der Waals surface area contributed by atoms with Gasteiger partial charge in [-0.25, -0.2) is 8.78 Å². The van der Waals surface area contributed by atoms with Gasteiger partial charge in [0.05, 0.1) is 12.0 Å². The zero-order valence-corrected chi connectivity index (χ0v) is 29.5. The van der Waals surface area contributed by atoms with Crippen LogP contribution in [0.2, 0.25) is 0 Å². The number of rotatable bonds is 12. The lowest BCUT2D eigenvalue weighted by atomic mass is 9.91. The lowest BCUT2D eigenvalue weighted by molar-refractivity contribution is -0.140. The highest BCUT2D eigenvalue weighted by Crippen LogP contribution is 2.43. The Kier molecular flexibility index (Phi) is 12.0. The molecule has 3 N–H and O–H groups in total. The fraction of sp³-hybridized carbons (Fsp3) is 0.432. The molecule has 0 radical (unpaired) electrons. The molecule has 2 unspecified atom stereocenters. The molecule has 51 heavy (non-hydrogen) atoms. The van der Waals surface area contributed by atoms with Crippen molar-refractivity contribution in [3.8, 4) is 0 Å².